The van der Waals surface area contributed by atoms with E-state index in [1.165, 1.54) is 11.1 Å². The lowest BCUT2D eigenvalue weighted by Gasteiger charge is -2.10. The van der Waals surface area contributed by atoms with Crippen molar-refractivity contribution < 1.29 is 0 Å². The van der Waals surface area contributed by atoms with Crippen molar-refractivity contribution in [3.8, 4) is 6.07 Å². The van der Waals surface area contributed by atoms with Gasteiger partial charge in [-0.1, -0.05) is 36.5 Å². The van der Waals surface area contributed by atoms with Gasteiger partial charge in [-0.3, -0.25) is 0 Å². The summed E-state index contributed by atoms with van der Waals surface area (Å²) in [4.78, 5) is 0. The van der Waals surface area contributed by atoms with Crippen LogP contribution in [0.3, 0.4) is 0 Å². The van der Waals surface area contributed by atoms with Gasteiger partial charge < -0.3 is 0 Å². The van der Waals surface area contributed by atoms with Crippen molar-refractivity contribution in [1.29, 1.82) is 5.26 Å². The van der Waals surface area contributed by atoms with Crippen LogP contribution in [0.1, 0.15) is 12.8 Å². The fraction of sp³-hybridized carbons (Fsp3) is 0.250. The Balaban J connectivity index is 2.15. The van der Waals surface area contributed by atoms with E-state index in [0.717, 1.165) is 12.8 Å². The molecule has 0 spiro atoms. The summed E-state index contributed by atoms with van der Waals surface area (Å²) in [5, 5.41) is 9.06. The molecule has 0 aromatic rings. The zero-order valence-electron chi connectivity index (χ0n) is 7.40. The molecule has 13 heavy (non-hydrogen) atoms. The molecule has 1 heteroatoms. The van der Waals surface area contributed by atoms with Gasteiger partial charge in [0.05, 0.1) is 12.0 Å². The second-order valence-electron chi connectivity index (χ2n) is 3.31. The van der Waals surface area contributed by atoms with Gasteiger partial charge in [0.2, 0.25) is 0 Å². The van der Waals surface area contributed by atoms with Crippen molar-refractivity contribution in [2.75, 3.05) is 0 Å². The molecule has 0 fully saturated rings. The number of allylic oxidation sites excluding steroid dienone is 8. The smallest absolute Gasteiger partial charge is 0.0895 e. The quantitative estimate of drug-likeness (QED) is 0.623. The molecule has 0 bridgehead atoms. The third-order valence-electron chi connectivity index (χ3n) is 2.47. The molecule has 0 aliphatic heterocycles. The van der Waals surface area contributed by atoms with Gasteiger partial charge in [0.1, 0.15) is 0 Å². The monoisotopic (exact) mass is 169 g/mol. The molecule has 0 aromatic heterocycles. The van der Waals surface area contributed by atoms with Crippen LogP contribution in [0.5, 0.6) is 0 Å². The SMILES string of the molecule is N#CC(C1=CC=CC1)C1=CC=CC1. The van der Waals surface area contributed by atoms with Crippen LogP contribution in [0.2, 0.25) is 0 Å². The third-order valence-corrected chi connectivity index (χ3v) is 2.47. The fourth-order valence-electron chi connectivity index (χ4n) is 1.76. The summed E-state index contributed by atoms with van der Waals surface area (Å²) in [6.07, 6.45) is 14.3. The van der Waals surface area contributed by atoms with Gasteiger partial charge >= 0.3 is 0 Å². The molecule has 0 saturated carbocycles. The zero-order valence-corrected chi connectivity index (χ0v) is 7.40. The summed E-state index contributed by atoms with van der Waals surface area (Å²) >= 11 is 0. The molecule has 0 atom stereocenters. The van der Waals surface area contributed by atoms with E-state index in [0.29, 0.717) is 0 Å². The number of nitrogens with zero attached hydrogens (tertiary/aromatic N) is 1. The molecule has 0 amide bonds. The fourth-order valence-corrected chi connectivity index (χ4v) is 1.76. The van der Waals surface area contributed by atoms with E-state index in [1.807, 2.05) is 12.2 Å². The lowest BCUT2D eigenvalue weighted by molar-refractivity contribution is 0.861. The van der Waals surface area contributed by atoms with Gasteiger partial charge in [0, 0.05) is 0 Å². The Kier molecular flexibility index (Phi) is 2.14. The van der Waals surface area contributed by atoms with Crippen LogP contribution >= 0.6 is 0 Å². The first kappa shape index (κ1) is 8.07. The lowest BCUT2D eigenvalue weighted by atomic mass is 9.91. The highest BCUT2D eigenvalue weighted by Gasteiger charge is 2.18. The largest absolute Gasteiger partial charge is 0.197 e. The maximum atomic E-state index is 9.06. The third kappa shape index (κ3) is 1.48. The molecular formula is C12H11N. The van der Waals surface area contributed by atoms with E-state index in [4.69, 9.17) is 5.26 Å². The Morgan fingerprint density at radius 1 is 1.08 bits per heavy atom. The summed E-state index contributed by atoms with van der Waals surface area (Å²) < 4.78 is 0. The first-order valence-electron chi connectivity index (χ1n) is 4.52. The molecule has 0 aromatic carbocycles. The predicted molar refractivity (Wildman–Crippen MR) is 52.8 cm³/mol. The average Bonchev–Trinajstić information content (AvgIpc) is 2.76. The molecular weight excluding hydrogens is 158 g/mol. The second-order valence-corrected chi connectivity index (χ2v) is 3.31. The summed E-state index contributed by atoms with van der Waals surface area (Å²) in [7, 11) is 0. The zero-order chi connectivity index (χ0) is 9.10. The number of hydrogen-bond donors (Lipinski definition) is 0. The summed E-state index contributed by atoms with van der Waals surface area (Å²) in [6.45, 7) is 0. The van der Waals surface area contributed by atoms with Crippen LogP contribution < -0.4 is 0 Å². The molecule has 0 saturated heterocycles. The van der Waals surface area contributed by atoms with E-state index < -0.39 is 0 Å². The second kappa shape index (κ2) is 3.45. The van der Waals surface area contributed by atoms with Crippen LogP contribution in [-0.2, 0) is 0 Å². The van der Waals surface area contributed by atoms with Crippen LogP contribution in [0.25, 0.3) is 0 Å². The molecule has 2 aliphatic carbocycles. The van der Waals surface area contributed by atoms with E-state index in [2.05, 4.69) is 30.4 Å². The van der Waals surface area contributed by atoms with Gasteiger partial charge in [0.15, 0.2) is 0 Å². The van der Waals surface area contributed by atoms with Gasteiger partial charge in [-0.25, -0.2) is 0 Å². The summed E-state index contributed by atoms with van der Waals surface area (Å²) in [5.74, 6) is 0.00463. The first-order valence-corrected chi connectivity index (χ1v) is 4.52. The molecule has 0 N–H and O–H groups in total. The van der Waals surface area contributed by atoms with Crippen molar-refractivity contribution in [1.82, 2.24) is 0 Å². The molecule has 2 aliphatic rings. The maximum Gasteiger partial charge on any atom is 0.0895 e. The van der Waals surface area contributed by atoms with Gasteiger partial charge in [-0.15, -0.1) is 0 Å². The standard InChI is InChI=1S/C12H11N/c13-9-12(10-5-1-2-6-10)11-7-3-4-8-11/h1-5,7,12H,6,8H2. The van der Waals surface area contributed by atoms with Gasteiger partial charge in [-0.05, 0) is 24.0 Å². The number of rotatable bonds is 2. The highest BCUT2D eigenvalue weighted by Crippen LogP contribution is 2.30. The van der Waals surface area contributed by atoms with Crippen molar-refractivity contribution in [3.63, 3.8) is 0 Å². The highest BCUT2D eigenvalue weighted by molar-refractivity contribution is 5.39. The maximum absolute atomic E-state index is 9.06. The van der Waals surface area contributed by atoms with E-state index in [9.17, 15) is 0 Å². The van der Waals surface area contributed by atoms with E-state index >= 15 is 0 Å². The van der Waals surface area contributed by atoms with Gasteiger partial charge in [-0.2, -0.15) is 5.26 Å². The van der Waals surface area contributed by atoms with Crippen LogP contribution in [0.4, 0.5) is 0 Å². The van der Waals surface area contributed by atoms with E-state index in [-0.39, 0.29) is 5.92 Å². The minimum absolute atomic E-state index is 0.00463. The van der Waals surface area contributed by atoms with Crippen molar-refractivity contribution >= 4 is 0 Å². The molecule has 2 rings (SSSR count). The van der Waals surface area contributed by atoms with Crippen molar-refractivity contribution in [3.05, 3.63) is 47.6 Å². The normalized spacial score (nSPS) is 19.1. The lowest BCUT2D eigenvalue weighted by Crippen LogP contribution is -2.02. The molecule has 0 radical (unpaired) electrons. The minimum Gasteiger partial charge on any atom is -0.197 e. The van der Waals surface area contributed by atoms with Crippen molar-refractivity contribution in [2.24, 2.45) is 5.92 Å². The molecule has 1 nitrogen and oxygen atoms in total. The first-order chi connectivity index (χ1) is 6.42. The topological polar surface area (TPSA) is 23.8 Å². The van der Waals surface area contributed by atoms with Crippen LogP contribution in [-0.4, -0.2) is 0 Å². The van der Waals surface area contributed by atoms with Crippen LogP contribution in [0, 0.1) is 17.2 Å². The minimum atomic E-state index is 0.00463. The Hall–Kier alpha value is -1.55. The molecule has 0 unspecified atom stereocenters. The Bertz CT molecular complexity index is 331. The summed E-state index contributed by atoms with van der Waals surface area (Å²) in [6, 6.07) is 2.37. The Labute approximate surface area is 78.4 Å². The average molecular weight is 169 g/mol. The Morgan fingerprint density at radius 3 is 1.92 bits per heavy atom. The number of nitriles is 1. The van der Waals surface area contributed by atoms with Gasteiger partial charge in [0.25, 0.3) is 0 Å². The summed E-state index contributed by atoms with van der Waals surface area (Å²) in [5.41, 5.74) is 2.47. The predicted octanol–water partition coefficient (Wildman–Crippen LogP) is 2.90. The van der Waals surface area contributed by atoms with Crippen molar-refractivity contribution in [2.45, 2.75) is 12.8 Å². The highest BCUT2D eigenvalue weighted by atomic mass is 14.3. The molecule has 0 heterocycles. The Morgan fingerprint density at radius 2 is 1.62 bits per heavy atom. The number of hydrogen-bond acceptors (Lipinski definition) is 1. The van der Waals surface area contributed by atoms with E-state index in [1.54, 1.807) is 0 Å². The molecule has 64 valence electrons. The van der Waals surface area contributed by atoms with Crippen LogP contribution in [0.15, 0.2) is 47.6 Å².